The number of benzene rings is 2. The molecule has 0 spiro atoms. The first-order valence-corrected chi connectivity index (χ1v) is 11.4. The molecule has 2 aromatic heterocycles. The average molecular weight is 480 g/mol. The van der Waals surface area contributed by atoms with E-state index in [-0.39, 0.29) is 35.0 Å². The number of ether oxygens (including phenoxy) is 1. The highest BCUT2D eigenvalue weighted by atomic mass is 32.2. The van der Waals surface area contributed by atoms with Crippen LogP contribution in [0.3, 0.4) is 0 Å². The minimum atomic E-state index is -0.548. The SMILES string of the molecule is CC[C@H](Sc1nc2nccnc2c(=O)n1Cc1ccc(OC)cc1)C(=O)Nc1ccc(F)cc1. The van der Waals surface area contributed by atoms with E-state index < -0.39 is 5.25 Å². The van der Waals surface area contributed by atoms with E-state index in [9.17, 15) is 14.0 Å². The van der Waals surface area contributed by atoms with Gasteiger partial charge < -0.3 is 10.1 Å². The highest BCUT2D eigenvalue weighted by Crippen LogP contribution is 2.26. The van der Waals surface area contributed by atoms with Crippen molar-refractivity contribution in [3.05, 3.63) is 82.7 Å². The molecule has 2 aromatic carbocycles. The van der Waals surface area contributed by atoms with Gasteiger partial charge >= 0.3 is 0 Å². The average Bonchev–Trinajstić information content (AvgIpc) is 2.86. The summed E-state index contributed by atoms with van der Waals surface area (Å²) in [6.45, 7) is 2.11. The Labute approximate surface area is 199 Å². The number of thioether (sulfide) groups is 1. The second kappa shape index (κ2) is 10.4. The molecule has 0 aliphatic heterocycles. The highest BCUT2D eigenvalue weighted by Gasteiger charge is 2.23. The zero-order chi connectivity index (χ0) is 24.1. The van der Waals surface area contributed by atoms with Crippen LogP contribution in [0.1, 0.15) is 18.9 Å². The predicted molar refractivity (Wildman–Crippen MR) is 129 cm³/mol. The van der Waals surface area contributed by atoms with Gasteiger partial charge in [-0.05, 0) is 48.4 Å². The summed E-state index contributed by atoms with van der Waals surface area (Å²) in [5.41, 5.74) is 1.38. The summed E-state index contributed by atoms with van der Waals surface area (Å²) in [6.07, 6.45) is 3.39. The molecule has 4 aromatic rings. The van der Waals surface area contributed by atoms with E-state index in [1.54, 1.807) is 7.11 Å². The molecule has 10 heteroatoms. The molecule has 0 aliphatic carbocycles. The molecule has 0 unspecified atom stereocenters. The van der Waals surface area contributed by atoms with E-state index in [0.29, 0.717) is 23.0 Å². The quantitative estimate of drug-likeness (QED) is 0.302. The van der Waals surface area contributed by atoms with Crippen LogP contribution in [0.25, 0.3) is 11.2 Å². The molecule has 1 amide bonds. The number of carbonyl (C=O) groups is 1. The highest BCUT2D eigenvalue weighted by molar-refractivity contribution is 8.00. The smallest absolute Gasteiger partial charge is 0.282 e. The third kappa shape index (κ3) is 5.23. The van der Waals surface area contributed by atoms with Crippen LogP contribution in [0, 0.1) is 5.82 Å². The lowest BCUT2D eigenvalue weighted by atomic mass is 10.2. The molecule has 1 atom stereocenters. The summed E-state index contributed by atoms with van der Waals surface area (Å²) >= 11 is 1.18. The number of halogens is 1. The van der Waals surface area contributed by atoms with E-state index >= 15 is 0 Å². The van der Waals surface area contributed by atoms with E-state index in [2.05, 4.69) is 20.3 Å². The number of anilines is 1. The molecule has 0 bridgehead atoms. The Balaban J connectivity index is 1.67. The van der Waals surface area contributed by atoms with Crippen molar-refractivity contribution in [3.63, 3.8) is 0 Å². The molecule has 4 rings (SSSR count). The molecule has 0 fully saturated rings. The molecule has 0 saturated heterocycles. The third-order valence-corrected chi connectivity index (χ3v) is 6.44. The number of hydrogen-bond donors (Lipinski definition) is 1. The molecule has 0 saturated carbocycles. The van der Waals surface area contributed by atoms with Crippen molar-refractivity contribution in [2.75, 3.05) is 12.4 Å². The van der Waals surface area contributed by atoms with E-state index in [0.717, 1.165) is 5.56 Å². The number of methoxy groups -OCH3 is 1. The van der Waals surface area contributed by atoms with Gasteiger partial charge in [0.25, 0.3) is 5.56 Å². The van der Waals surface area contributed by atoms with Crippen molar-refractivity contribution in [3.8, 4) is 5.75 Å². The number of aromatic nitrogens is 4. The lowest BCUT2D eigenvalue weighted by Gasteiger charge is -2.18. The predicted octanol–water partition coefficient (Wildman–Crippen LogP) is 3.89. The summed E-state index contributed by atoms with van der Waals surface area (Å²) in [6, 6.07) is 12.9. The molecule has 1 N–H and O–H groups in total. The number of nitrogens with one attached hydrogen (secondary N) is 1. The van der Waals surface area contributed by atoms with Crippen LogP contribution < -0.4 is 15.6 Å². The van der Waals surface area contributed by atoms with Gasteiger partial charge in [0.05, 0.1) is 18.9 Å². The fourth-order valence-corrected chi connectivity index (χ4v) is 4.28. The second-order valence-corrected chi connectivity index (χ2v) is 8.54. The number of hydrogen-bond acceptors (Lipinski definition) is 7. The Bertz CT molecular complexity index is 1360. The van der Waals surface area contributed by atoms with Crippen LogP contribution in [0.4, 0.5) is 10.1 Å². The Hall–Kier alpha value is -3.79. The Morgan fingerprint density at radius 1 is 1.12 bits per heavy atom. The molecule has 8 nitrogen and oxygen atoms in total. The molecule has 34 heavy (non-hydrogen) atoms. The minimum Gasteiger partial charge on any atom is -0.497 e. The van der Waals surface area contributed by atoms with Gasteiger partial charge in [-0.2, -0.15) is 0 Å². The maximum absolute atomic E-state index is 13.3. The number of carbonyl (C=O) groups excluding carboxylic acids is 1. The van der Waals surface area contributed by atoms with Crippen molar-refractivity contribution in [1.82, 2.24) is 19.5 Å². The number of rotatable bonds is 8. The van der Waals surface area contributed by atoms with Crippen molar-refractivity contribution >= 4 is 34.5 Å². The van der Waals surface area contributed by atoms with Crippen LogP contribution in [0.5, 0.6) is 5.75 Å². The first-order valence-electron chi connectivity index (χ1n) is 10.6. The van der Waals surface area contributed by atoms with Crippen LogP contribution in [0.15, 0.2) is 70.9 Å². The minimum absolute atomic E-state index is 0.157. The maximum Gasteiger partial charge on any atom is 0.282 e. The number of nitrogens with zero attached hydrogens (tertiary/aromatic N) is 4. The lowest BCUT2D eigenvalue weighted by Crippen LogP contribution is -2.29. The molecule has 174 valence electrons. The van der Waals surface area contributed by atoms with Gasteiger partial charge in [-0.1, -0.05) is 30.8 Å². The fraction of sp³-hybridized carbons (Fsp3) is 0.208. The summed E-state index contributed by atoms with van der Waals surface area (Å²) in [7, 11) is 1.59. The maximum atomic E-state index is 13.3. The normalized spacial score (nSPS) is 11.9. The molecular weight excluding hydrogens is 457 g/mol. The monoisotopic (exact) mass is 479 g/mol. The van der Waals surface area contributed by atoms with Crippen molar-refractivity contribution < 1.29 is 13.9 Å². The van der Waals surface area contributed by atoms with Crippen molar-refractivity contribution in [1.29, 1.82) is 0 Å². The van der Waals surface area contributed by atoms with Crippen LogP contribution >= 0.6 is 11.8 Å². The summed E-state index contributed by atoms with van der Waals surface area (Å²) < 4.78 is 19.9. The van der Waals surface area contributed by atoms with Gasteiger partial charge in [-0.3, -0.25) is 14.2 Å². The molecular formula is C24H22FN5O3S. The van der Waals surface area contributed by atoms with E-state index in [1.165, 1.54) is 53.0 Å². The van der Waals surface area contributed by atoms with Gasteiger partial charge in [0.2, 0.25) is 5.91 Å². The topological polar surface area (TPSA) is 99.0 Å². The van der Waals surface area contributed by atoms with Gasteiger partial charge in [0, 0.05) is 18.1 Å². The zero-order valence-corrected chi connectivity index (χ0v) is 19.4. The van der Waals surface area contributed by atoms with Crippen LogP contribution in [-0.4, -0.2) is 37.8 Å². The zero-order valence-electron chi connectivity index (χ0n) is 18.6. The van der Waals surface area contributed by atoms with Gasteiger partial charge in [-0.15, -0.1) is 0 Å². The fourth-order valence-electron chi connectivity index (χ4n) is 3.28. The Morgan fingerprint density at radius 2 is 1.82 bits per heavy atom. The van der Waals surface area contributed by atoms with Gasteiger partial charge in [-0.25, -0.2) is 19.3 Å². The molecule has 0 radical (unpaired) electrons. The second-order valence-electron chi connectivity index (χ2n) is 7.37. The summed E-state index contributed by atoms with van der Waals surface area (Å²) in [4.78, 5) is 39.1. The standard InChI is InChI=1S/C24H22FN5O3S/c1-3-19(22(31)28-17-8-6-16(25)7-9-17)34-24-29-21-20(26-12-13-27-21)23(32)30(24)14-15-4-10-18(33-2)11-5-15/h4-13,19H,3,14H2,1-2H3,(H,28,31)/t19-/m0/s1. The number of fused-ring (bicyclic) bond motifs is 1. The van der Waals surface area contributed by atoms with Crippen LogP contribution in [0.2, 0.25) is 0 Å². The molecule has 0 aliphatic rings. The van der Waals surface area contributed by atoms with Gasteiger partial charge in [0.1, 0.15) is 11.6 Å². The lowest BCUT2D eigenvalue weighted by molar-refractivity contribution is -0.115. The Morgan fingerprint density at radius 3 is 2.50 bits per heavy atom. The van der Waals surface area contributed by atoms with Crippen LogP contribution in [-0.2, 0) is 11.3 Å². The summed E-state index contributed by atoms with van der Waals surface area (Å²) in [5.74, 6) is 0.0451. The first kappa shape index (κ1) is 23.4. The Kier molecular flexibility index (Phi) is 7.17. The largest absolute Gasteiger partial charge is 0.497 e. The van der Waals surface area contributed by atoms with E-state index in [4.69, 9.17) is 4.74 Å². The molecule has 2 heterocycles. The third-order valence-electron chi connectivity index (χ3n) is 5.08. The van der Waals surface area contributed by atoms with Crippen molar-refractivity contribution in [2.45, 2.75) is 30.3 Å². The van der Waals surface area contributed by atoms with E-state index in [1.807, 2.05) is 31.2 Å². The first-order chi connectivity index (χ1) is 16.5. The van der Waals surface area contributed by atoms with Crippen molar-refractivity contribution in [2.24, 2.45) is 0 Å². The van der Waals surface area contributed by atoms with Gasteiger partial charge in [0.15, 0.2) is 16.3 Å². The summed E-state index contributed by atoms with van der Waals surface area (Å²) in [5, 5.41) is 2.60. The number of amides is 1.